The number of aromatic nitrogens is 1. The van der Waals surface area contributed by atoms with Crippen molar-refractivity contribution in [2.45, 2.75) is 20.0 Å². The second-order valence-electron chi connectivity index (χ2n) is 3.84. The highest BCUT2D eigenvalue weighted by Crippen LogP contribution is 2.39. The first-order chi connectivity index (χ1) is 7.89. The fourth-order valence-electron chi connectivity index (χ4n) is 1.61. The molecule has 0 amide bonds. The van der Waals surface area contributed by atoms with Gasteiger partial charge in [-0.1, -0.05) is 35.0 Å². The number of aryl methyl sites for hydroxylation is 2. The average molecular weight is 241 g/mol. The SMILES string of the molecule is Cc1ccc(-c2onc(C)c2C(F)(F)F)cc1. The summed E-state index contributed by atoms with van der Waals surface area (Å²) in [4.78, 5) is 0. The molecule has 0 bridgehead atoms. The smallest absolute Gasteiger partial charge is 0.355 e. The molecule has 0 spiro atoms. The van der Waals surface area contributed by atoms with Crippen molar-refractivity contribution >= 4 is 0 Å². The molecule has 0 fully saturated rings. The average Bonchev–Trinajstić information content (AvgIpc) is 2.61. The number of benzene rings is 1. The van der Waals surface area contributed by atoms with Crippen LogP contribution in [-0.4, -0.2) is 5.16 Å². The van der Waals surface area contributed by atoms with Gasteiger partial charge in [-0.3, -0.25) is 0 Å². The van der Waals surface area contributed by atoms with Crippen LogP contribution in [0.1, 0.15) is 16.8 Å². The highest BCUT2D eigenvalue weighted by atomic mass is 19.4. The molecule has 0 saturated carbocycles. The predicted molar refractivity (Wildman–Crippen MR) is 56.4 cm³/mol. The summed E-state index contributed by atoms with van der Waals surface area (Å²) in [5, 5.41) is 3.39. The number of rotatable bonds is 1. The molecule has 1 heterocycles. The van der Waals surface area contributed by atoms with Crippen LogP contribution in [-0.2, 0) is 6.18 Å². The second kappa shape index (κ2) is 3.91. The third-order valence-electron chi connectivity index (χ3n) is 2.46. The summed E-state index contributed by atoms with van der Waals surface area (Å²) >= 11 is 0. The van der Waals surface area contributed by atoms with E-state index in [0.29, 0.717) is 5.56 Å². The van der Waals surface area contributed by atoms with Crippen molar-refractivity contribution in [2.75, 3.05) is 0 Å². The molecule has 2 aromatic rings. The van der Waals surface area contributed by atoms with E-state index >= 15 is 0 Å². The quantitative estimate of drug-likeness (QED) is 0.754. The van der Waals surface area contributed by atoms with E-state index in [9.17, 15) is 13.2 Å². The summed E-state index contributed by atoms with van der Waals surface area (Å²) < 4.78 is 43.2. The van der Waals surface area contributed by atoms with E-state index in [4.69, 9.17) is 4.52 Å². The van der Waals surface area contributed by atoms with E-state index in [1.165, 1.54) is 6.92 Å². The van der Waals surface area contributed by atoms with Gasteiger partial charge in [0.15, 0.2) is 5.76 Å². The largest absolute Gasteiger partial charge is 0.421 e. The Kier molecular flexibility index (Phi) is 2.69. The van der Waals surface area contributed by atoms with Crippen LogP contribution in [0.2, 0.25) is 0 Å². The standard InChI is InChI=1S/C12H10F3NO/c1-7-3-5-9(6-4-7)11-10(12(13,14)15)8(2)16-17-11/h3-6H,1-2H3. The van der Waals surface area contributed by atoms with Gasteiger partial charge < -0.3 is 4.52 Å². The number of nitrogens with zero attached hydrogens (tertiary/aromatic N) is 1. The summed E-state index contributed by atoms with van der Waals surface area (Å²) in [6, 6.07) is 6.63. The Morgan fingerprint density at radius 1 is 1.06 bits per heavy atom. The van der Waals surface area contributed by atoms with Crippen LogP contribution in [0.25, 0.3) is 11.3 Å². The third kappa shape index (κ3) is 2.18. The zero-order valence-electron chi connectivity index (χ0n) is 9.30. The van der Waals surface area contributed by atoms with E-state index in [1.807, 2.05) is 6.92 Å². The van der Waals surface area contributed by atoms with Crippen LogP contribution in [0.5, 0.6) is 0 Å². The van der Waals surface area contributed by atoms with Crippen molar-refractivity contribution in [3.05, 3.63) is 41.1 Å². The van der Waals surface area contributed by atoms with Gasteiger partial charge in [-0.2, -0.15) is 13.2 Å². The van der Waals surface area contributed by atoms with Crippen LogP contribution < -0.4 is 0 Å². The molecule has 5 heteroatoms. The summed E-state index contributed by atoms with van der Waals surface area (Å²) in [5.41, 5.74) is 0.400. The molecule has 1 aromatic carbocycles. The van der Waals surface area contributed by atoms with Crippen molar-refractivity contribution in [1.29, 1.82) is 0 Å². The van der Waals surface area contributed by atoms with Gasteiger partial charge in [0.2, 0.25) is 0 Å². The van der Waals surface area contributed by atoms with E-state index in [2.05, 4.69) is 5.16 Å². The van der Waals surface area contributed by atoms with E-state index in [-0.39, 0.29) is 11.5 Å². The molecule has 1 aromatic heterocycles. The third-order valence-corrected chi connectivity index (χ3v) is 2.46. The lowest BCUT2D eigenvalue weighted by Crippen LogP contribution is -2.07. The van der Waals surface area contributed by atoms with Gasteiger partial charge in [0, 0.05) is 5.56 Å². The lowest BCUT2D eigenvalue weighted by Gasteiger charge is -2.06. The fourth-order valence-corrected chi connectivity index (χ4v) is 1.61. The Morgan fingerprint density at radius 3 is 2.18 bits per heavy atom. The van der Waals surface area contributed by atoms with Gasteiger partial charge in [-0.05, 0) is 13.8 Å². The van der Waals surface area contributed by atoms with E-state index in [1.54, 1.807) is 24.3 Å². The molecule has 0 aliphatic carbocycles. The first kappa shape index (κ1) is 11.7. The molecule has 0 atom stereocenters. The molecule has 2 rings (SSSR count). The first-order valence-electron chi connectivity index (χ1n) is 5.00. The van der Waals surface area contributed by atoms with Crippen molar-refractivity contribution in [1.82, 2.24) is 5.16 Å². The highest BCUT2D eigenvalue weighted by Gasteiger charge is 2.39. The maximum atomic E-state index is 12.8. The van der Waals surface area contributed by atoms with Crippen molar-refractivity contribution in [3.8, 4) is 11.3 Å². The second-order valence-corrected chi connectivity index (χ2v) is 3.84. The summed E-state index contributed by atoms with van der Waals surface area (Å²) in [7, 11) is 0. The van der Waals surface area contributed by atoms with Crippen molar-refractivity contribution < 1.29 is 17.7 Å². The van der Waals surface area contributed by atoms with Gasteiger partial charge in [-0.25, -0.2) is 0 Å². The monoisotopic (exact) mass is 241 g/mol. The van der Waals surface area contributed by atoms with Gasteiger partial charge in [-0.15, -0.1) is 0 Å². The molecule has 17 heavy (non-hydrogen) atoms. The molecule has 0 N–H and O–H groups in total. The minimum Gasteiger partial charge on any atom is -0.355 e. The summed E-state index contributed by atoms with van der Waals surface area (Å²) in [6.45, 7) is 3.14. The summed E-state index contributed by atoms with van der Waals surface area (Å²) in [5.74, 6) is -0.227. The van der Waals surface area contributed by atoms with Crippen molar-refractivity contribution in [3.63, 3.8) is 0 Å². The Balaban J connectivity index is 2.57. The van der Waals surface area contributed by atoms with Crippen LogP contribution in [0.4, 0.5) is 13.2 Å². The van der Waals surface area contributed by atoms with Gasteiger partial charge in [0.25, 0.3) is 0 Å². The van der Waals surface area contributed by atoms with Crippen LogP contribution >= 0.6 is 0 Å². The fraction of sp³-hybridized carbons (Fsp3) is 0.250. The molecule has 90 valence electrons. The Morgan fingerprint density at radius 2 is 1.65 bits per heavy atom. The Bertz CT molecular complexity index is 526. The minimum atomic E-state index is -4.45. The number of hydrogen-bond donors (Lipinski definition) is 0. The van der Waals surface area contributed by atoms with Crippen LogP contribution in [0, 0.1) is 13.8 Å². The lowest BCUT2D eigenvalue weighted by molar-refractivity contribution is -0.137. The molecule has 0 unspecified atom stereocenters. The Labute approximate surface area is 96.0 Å². The van der Waals surface area contributed by atoms with Crippen LogP contribution in [0.15, 0.2) is 28.8 Å². The Hall–Kier alpha value is -1.78. The molecule has 0 radical (unpaired) electrons. The van der Waals surface area contributed by atoms with Gasteiger partial charge >= 0.3 is 6.18 Å². The normalized spacial score (nSPS) is 11.8. The predicted octanol–water partition coefficient (Wildman–Crippen LogP) is 3.98. The van der Waals surface area contributed by atoms with E-state index in [0.717, 1.165) is 5.56 Å². The molecular formula is C12H10F3NO. The molecule has 2 nitrogen and oxygen atoms in total. The van der Waals surface area contributed by atoms with Gasteiger partial charge in [0.1, 0.15) is 5.56 Å². The number of alkyl halides is 3. The highest BCUT2D eigenvalue weighted by molar-refractivity contribution is 5.63. The molecule has 0 saturated heterocycles. The number of halogens is 3. The topological polar surface area (TPSA) is 26.0 Å². The first-order valence-corrected chi connectivity index (χ1v) is 5.00. The molecular weight excluding hydrogens is 231 g/mol. The minimum absolute atomic E-state index is 0.145. The lowest BCUT2D eigenvalue weighted by atomic mass is 10.1. The maximum absolute atomic E-state index is 12.8. The zero-order chi connectivity index (χ0) is 12.6. The van der Waals surface area contributed by atoms with Crippen LogP contribution in [0.3, 0.4) is 0 Å². The zero-order valence-corrected chi connectivity index (χ0v) is 9.30. The maximum Gasteiger partial charge on any atom is 0.421 e. The van der Waals surface area contributed by atoms with Crippen molar-refractivity contribution in [2.24, 2.45) is 0 Å². The van der Waals surface area contributed by atoms with E-state index < -0.39 is 11.7 Å². The molecule has 0 aliphatic rings. The molecule has 0 aliphatic heterocycles. The number of hydrogen-bond acceptors (Lipinski definition) is 2. The van der Waals surface area contributed by atoms with Gasteiger partial charge in [0.05, 0.1) is 5.69 Å². The summed E-state index contributed by atoms with van der Waals surface area (Å²) in [6.07, 6.45) is -4.45.